The SMILES string of the molecule is COc1ccc(NC2=C(c3ccc(OCC(C)C)cc3)C(=O)N(C(C)C)C2=O)c(OC)c1. The first kappa shape index (κ1) is 23.2. The molecule has 1 heterocycles. The molecule has 2 amide bonds. The van der Waals surface area contributed by atoms with E-state index in [1.54, 1.807) is 37.4 Å². The van der Waals surface area contributed by atoms with Crippen molar-refractivity contribution in [1.29, 1.82) is 0 Å². The Bertz CT molecular complexity index is 1030. The van der Waals surface area contributed by atoms with Crippen LogP contribution in [0.25, 0.3) is 5.57 Å². The molecule has 2 aromatic rings. The number of nitrogens with zero attached hydrogens (tertiary/aromatic N) is 1. The highest BCUT2D eigenvalue weighted by atomic mass is 16.5. The summed E-state index contributed by atoms with van der Waals surface area (Å²) in [6.45, 7) is 8.38. The first-order chi connectivity index (χ1) is 15.3. The zero-order chi connectivity index (χ0) is 23.4. The number of amides is 2. The largest absolute Gasteiger partial charge is 0.497 e. The molecule has 0 aromatic heterocycles. The number of hydrogen-bond donors (Lipinski definition) is 1. The van der Waals surface area contributed by atoms with Gasteiger partial charge < -0.3 is 19.5 Å². The van der Waals surface area contributed by atoms with Gasteiger partial charge in [-0.15, -0.1) is 0 Å². The van der Waals surface area contributed by atoms with Crippen molar-refractivity contribution in [2.45, 2.75) is 33.7 Å². The van der Waals surface area contributed by atoms with Crippen LogP contribution in [0.15, 0.2) is 48.2 Å². The van der Waals surface area contributed by atoms with Crippen molar-refractivity contribution in [1.82, 2.24) is 4.90 Å². The molecular formula is C25H30N2O5. The lowest BCUT2D eigenvalue weighted by Gasteiger charge is -2.19. The van der Waals surface area contributed by atoms with Crippen molar-refractivity contribution < 1.29 is 23.8 Å². The van der Waals surface area contributed by atoms with Crippen molar-refractivity contribution in [2.24, 2.45) is 5.92 Å². The lowest BCUT2D eigenvalue weighted by Crippen LogP contribution is -2.38. The molecule has 7 heteroatoms. The molecule has 0 aliphatic carbocycles. The minimum absolute atomic E-state index is 0.211. The molecule has 1 N–H and O–H groups in total. The van der Waals surface area contributed by atoms with Gasteiger partial charge in [0.25, 0.3) is 11.8 Å². The second-order valence-electron chi connectivity index (χ2n) is 8.24. The van der Waals surface area contributed by atoms with Gasteiger partial charge in [-0.05, 0) is 49.6 Å². The minimum Gasteiger partial charge on any atom is -0.497 e. The molecule has 7 nitrogen and oxygen atoms in total. The summed E-state index contributed by atoms with van der Waals surface area (Å²) < 4.78 is 16.4. The Morgan fingerprint density at radius 1 is 0.875 bits per heavy atom. The van der Waals surface area contributed by atoms with Gasteiger partial charge in [0.15, 0.2) is 0 Å². The van der Waals surface area contributed by atoms with Crippen LogP contribution in [0.5, 0.6) is 17.2 Å². The van der Waals surface area contributed by atoms with Crippen LogP contribution >= 0.6 is 0 Å². The highest BCUT2D eigenvalue weighted by Gasteiger charge is 2.40. The summed E-state index contributed by atoms with van der Waals surface area (Å²) in [6.07, 6.45) is 0. The van der Waals surface area contributed by atoms with E-state index < -0.39 is 0 Å². The number of nitrogens with one attached hydrogen (secondary N) is 1. The van der Waals surface area contributed by atoms with Gasteiger partial charge in [-0.3, -0.25) is 14.5 Å². The highest BCUT2D eigenvalue weighted by Crippen LogP contribution is 2.36. The smallest absolute Gasteiger partial charge is 0.278 e. The fraction of sp³-hybridized carbons (Fsp3) is 0.360. The van der Waals surface area contributed by atoms with Gasteiger partial charge in [0.1, 0.15) is 22.9 Å². The Hall–Kier alpha value is -3.48. The topological polar surface area (TPSA) is 77.1 Å². The number of benzene rings is 2. The number of methoxy groups -OCH3 is 2. The maximum absolute atomic E-state index is 13.2. The molecule has 1 aliphatic heterocycles. The molecule has 2 aromatic carbocycles. The van der Waals surface area contributed by atoms with Crippen molar-refractivity contribution in [3.63, 3.8) is 0 Å². The fourth-order valence-corrected chi connectivity index (χ4v) is 3.42. The Labute approximate surface area is 189 Å². The van der Waals surface area contributed by atoms with Gasteiger partial charge >= 0.3 is 0 Å². The molecule has 0 spiro atoms. The van der Waals surface area contributed by atoms with E-state index in [1.807, 2.05) is 26.0 Å². The maximum Gasteiger partial charge on any atom is 0.278 e. The van der Waals surface area contributed by atoms with E-state index in [0.29, 0.717) is 46.6 Å². The number of carbonyl (C=O) groups is 2. The second-order valence-corrected chi connectivity index (χ2v) is 8.24. The minimum atomic E-state index is -0.377. The Morgan fingerprint density at radius 3 is 2.09 bits per heavy atom. The van der Waals surface area contributed by atoms with Crippen LogP contribution in [0.3, 0.4) is 0 Å². The van der Waals surface area contributed by atoms with Gasteiger partial charge in [-0.25, -0.2) is 0 Å². The number of ether oxygens (including phenoxy) is 3. The van der Waals surface area contributed by atoms with E-state index in [1.165, 1.54) is 12.0 Å². The van der Waals surface area contributed by atoms with Gasteiger partial charge in [0, 0.05) is 12.1 Å². The van der Waals surface area contributed by atoms with Gasteiger partial charge in [0.05, 0.1) is 32.1 Å². The zero-order valence-electron chi connectivity index (χ0n) is 19.4. The lowest BCUT2D eigenvalue weighted by molar-refractivity contribution is -0.138. The van der Waals surface area contributed by atoms with Gasteiger partial charge in [-0.1, -0.05) is 26.0 Å². The molecule has 0 unspecified atom stereocenters. The normalized spacial score (nSPS) is 13.9. The van der Waals surface area contributed by atoms with E-state index in [-0.39, 0.29) is 23.6 Å². The summed E-state index contributed by atoms with van der Waals surface area (Å²) >= 11 is 0. The van der Waals surface area contributed by atoms with Crippen LogP contribution in [0, 0.1) is 5.92 Å². The van der Waals surface area contributed by atoms with E-state index >= 15 is 0 Å². The molecule has 3 rings (SSSR count). The third kappa shape index (κ3) is 4.72. The summed E-state index contributed by atoms with van der Waals surface area (Å²) in [7, 11) is 3.10. The van der Waals surface area contributed by atoms with E-state index in [0.717, 1.165) is 0 Å². The molecular weight excluding hydrogens is 408 g/mol. The van der Waals surface area contributed by atoms with Crippen LogP contribution in [0.4, 0.5) is 5.69 Å². The first-order valence-corrected chi connectivity index (χ1v) is 10.6. The molecule has 32 heavy (non-hydrogen) atoms. The number of carbonyl (C=O) groups excluding carboxylic acids is 2. The Kier molecular flexibility index (Phi) is 7.08. The molecule has 0 saturated carbocycles. The average Bonchev–Trinajstić information content (AvgIpc) is 3.02. The summed E-state index contributed by atoms with van der Waals surface area (Å²) in [6, 6.07) is 12.2. The standard InChI is InChI=1S/C25H30N2O5/c1-15(2)14-32-18-9-7-17(8-10-18)22-23(25(29)27(16(3)4)24(22)28)26-20-12-11-19(30-5)13-21(20)31-6/h7-13,15-16,26H,14H2,1-6H3. The fourth-order valence-electron chi connectivity index (χ4n) is 3.42. The predicted molar refractivity (Wildman–Crippen MR) is 124 cm³/mol. The molecule has 0 atom stereocenters. The van der Waals surface area contributed by atoms with Crippen LogP contribution in [-0.4, -0.2) is 43.6 Å². The zero-order valence-corrected chi connectivity index (χ0v) is 19.4. The number of imide groups is 1. The summed E-state index contributed by atoms with van der Waals surface area (Å²) in [4.78, 5) is 27.7. The molecule has 170 valence electrons. The van der Waals surface area contributed by atoms with E-state index in [9.17, 15) is 9.59 Å². The number of rotatable bonds is 9. The van der Waals surface area contributed by atoms with Crippen molar-refractivity contribution in [2.75, 3.05) is 26.1 Å². The van der Waals surface area contributed by atoms with Gasteiger partial charge in [0.2, 0.25) is 0 Å². The maximum atomic E-state index is 13.2. The Morgan fingerprint density at radius 2 is 1.53 bits per heavy atom. The van der Waals surface area contributed by atoms with E-state index in [2.05, 4.69) is 19.2 Å². The number of anilines is 1. The van der Waals surface area contributed by atoms with Crippen molar-refractivity contribution in [3.05, 3.63) is 53.7 Å². The molecule has 1 aliphatic rings. The van der Waals surface area contributed by atoms with Crippen molar-refractivity contribution in [3.8, 4) is 17.2 Å². The van der Waals surface area contributed by atoms with E-state index in [4.69, 9.17) is 14.2 Å². The molecule has 0 saturated heterocycles. The first-order valence-electron chi connectivity index (χ1n) is 10.6. The average molecular weight is 439 g/mol. The molecule has 0 fully saturated rings. The highest BCUT2D eigenvalue weighted by molar-refractivity contribution is 6.36. The number of hydrogen-bond acceptors (Lipinski definition) is 6. The summed E-state index contributed by atoms with van der Waals surface area (Å²) in [5, 5.41) is 3.14. The van der Waals surface area contributed by atoms with Crippen LogP contribution in [0.1, 0.15) is 33.3 Å². The summed E-state index contributed by atoms with van der Waals surface area (Å²) in [5.41, 5.74) is 1.72. The van der Waals surface area contributed by atoms with Crippen molar-refractivity contribution >= 4 is 23.1 Å². The molecule has 0 bridgehead atoms. The second kappa shape index (κ2) is 9.77. The lowest BCUT2D eigenvalue weighted by atomic mass is 10.0. The molecule has 0 radical (unpaired) electrons. The summed E-state index contributed by atoms with van der Waals surface area (Å²) in [5.74, 6) is 1.52. The predicted octanol–water partition coefficient (Wildman–Crippen LogP) is 4.34. The van der Waals surface area contributed by atoms with Crippen LogP contribution in [-0.2, 0) is 9.59 Å². The quantitative estimate of drug-likeness (QED) is 0.587. The third-order valence-electron chi connectivity index (χ3n) is 5.03. The monoisotopic (exact) mass is 438 g/mol. The Balaban J connectivity index is 2.02. The van der Waals surface area contributed by atoms with Gasteiger partial charge in [-0.2, -0.15) is 0 Å². The third-order valence-corrected chi connectivity index (χ3v) is 5.03. The van der Waals surface area contributed by atoms with Crippen LogP contribution in [0.2, 0.25) is 0 Å². The van der Waals surface area contributed by atoms with Crippen LogP contribution < -0.4 is 19.5 Å².